The molecule has 286 valence electrons. The second kappa shape index (κ2) is 12.9. The van der Waals surface area contributed by atoms with E-state index in [1.54, 1.807) is 0 Å². The van der Waals surface area contributed by atoms with E-state index in [9.17, 15) is 0 Å². The standard InChI is InChI=1S/C60H34OS/c1-2-14-38-35(13-1)25-28-49-39(38)29-30-50-52-34-37(27-32-55(52)62-60(49)50)57-43-18-5-9-22-47(43)59(48-23-10-6-19-44(48)57)58-45-20-7-3-16-41(45)56(42-17-4-8-21-46(42)58)36-26-31-54-51(33-36)40-15-11-12-24-53(40)61-54/h1-34H. The summed E-state index contributed by atoms with van der Waals surface area (Å²) in [5, 5.41) is 20.1. The van der Waals surface area contributed by atoms with Crippen molar-refractivity contribution in [1.82, 2.24) is 0 Å². The van der Waals surface area contributed by atoms with Crippen LogP contribution in [0.5, 0.6) is 0 Å². The van der Waals surface area contributed by atoms with Crippen LogP contribution in [0.25, 0.3) is 140 Å². The Kier molecular flexibility index (Phi) is 7.05. The summed E-state index contributed by atoms with van der Waals surface area (Å²) in [6, 6.07) is 76.4. The average molecular weight is 803 g/mol. The van der Waals surface area contributed by atoms with E-state index in [0.717, 1.165) is 21.9 Å². The van der Waals surface area contributed by atoms with Crippen molar-refractivity contribution >= 4 is 118 Å². The predicted molar refractivity (Wildman–Crippen MR) is 268 cm³/mol. The van der Waals surface area contributed by atoms with Gasteiger partial charge in [0.1, 0.15) is 11.2 Å². The summed E-state index contributed by atoms with van der Waals surface area (Å²) < 4.78 is 8.95. The van der Waals surface area contributed by atoms with Crippen molar-refractivity contribution in [3.8, 4) is 33.4 Å². The lowest BCUT2D eigenvalue weighted by Gasteiger charge is -2.22. The van der Waals surface area contributed by atoms with Crippen molar-refractivity contribution in [3.05, 3.63) is 206 Å². The van der Waals surface area contributed by atoms with Crippen molar-refractivity contribution < 1.29 is 4.42 Å². The lowest BCUT2D eigenvalue weighted by molar-refractivity contribution is 0.669. The molecule has 0 aliphatic heterocycles. The molecule has 0 saturated heterocycles. The smallest absolute Gasteiger partial charge is 0.135 e. The summed E-state index contributed by atoms with van der Waals surface area (Å²) in [7, 11) is 0. The van der Waals surface area contributed by atoms with E-state index in [-0.39, 0.29) is 0 Å². The van der Waals surface area contributed by atoms with E-state index < -0.39 is 0 Å². The average Bonchev–Trinajstić information content (AvgIpc) is 3.90. The first-order valence-corrected chi connectivity index (χ1v) is 22.1. The molecule has 14 aromatic rings. The monoisotopic (exact) mass is 802 g/mol. The highest BCUT2D eigenvalue weighted by molar-refractivity contribution is 7.26. The van der Waals surface area contributed by atoms with Gasteiger partial charge in [0, 0.05) is 36.3 Å². The highest BCUT2D eigenvalue weighted by Gasteiger charge is 2.23. The minimum atomic E-state index is 0.909. The lowest BCUT2D eigenvalue weighted by Crippen LogP contribution is -1.94. The molecule has 0 fully saturated rings. The van der Waals surface area contributed by atoms with Crippen molar-refractivity contribution in [2.75, 3.05) is 0 Å². The Balaban J connectivity index is 1.04. The van der Waals surface area contributed by atoms with Gasteiger partial charge in [0.05, 0.1) is 0 Å². The number of hydrogen-bond acceptors (Lipinski definition) is 2. The second-order valence-electron chi connectivity index (χ2n) is 16.6. The van der Waals surface area contributed by atoms with Gasteiger partial charge < -0.3 is 4.42 Å². The molecule has 0 radical (unpaired) electrons. The third-order valence-corrected chi connectivity index (χ3v) is 14.6. The number of hydrogen-bond donors (Lipinski definition) is 0. The van der Waals surface area contributed by atoms with Crippen LogP contribution >= 0.6 is 11.3 Å². The maximum Gasteiger partial charge on any atom is 0.135 e. The van der Waals surface area contributed by atoms with E-state index in [1.807, 2.05) is 17.4 Å². The van der Waals surface area contributed by atoms with Crippen molar-refractivity contribution in [1.29, 1.82) is 0 Å². The number of thiophene rings is 1. The van der Waals surface area contributed by atoms with E-state index >= 15 is 0 Å². The summed E-state index contributed by atoms with van der Waals surface area (Å²) in [6.07, 6.45) is 0. The Morgan fingerprint density at radius 2 is 0.677 bits per heavy atom. The van der Waals surface area contributed by atoms with Crippen molar-refractivity contribution in [2.24, 2.45) is 0 Å². The van der Waals surface area contributed by atoms with Crippen LogP contribution in [0, 0.1) is 0 Å². The Bertz CT molecular complexity index is 4110. The quantitative estimate of drug-likeness (QED) is 0.128. The molecule has 2 aromatic heterocycles. The molecule has 2 heterocycles. The fourth-order valence-corrected chi connectivity index (χ4v) is 12.0. The molecule has 0 N–H and O–H groups in total. The topological polar surface area (TPSA) is 13.1 Å². The predicted octanol–water partition coefficient (Wildman–Crippen LogP) is 17.9. The molecule has 0 spiro atoms. The van der Waals surface area contributed by atoms with E-state index in [0.29, 0.717) is 0 Å². The fourth-order valence-electron chi connectivity index (χ4n) is 10.8. The molecule has 0 saturated carbocycles. The second-order valence-corrected chi connectivity index (χ2v) is 17.7. The molecule has 0 aliphatic rings. The van der Waals surface area contributed by atoms with Crippen LogP contribution in [-0.4, -0.2) is 0 Å². The van der Waals surface area contributed by atoms with E-state index in [4.69, 9.17) is 4.42 Å². The minimum absolute atomic E-state index is 0.909. The zero-order chi connectivity index (χ0) is 40.5. The Hall–Kier alpha value is -7.78. The molecule has 1 nitrogen and oxygen atoms in total. The van der Waals surface area contributed by atoms with Gasteiger partial charge in [-0.3, -0.25) is 0 Å². The Morgan fingerprint density at radius 1 is 0.258 bits per heavy atom. The van der Waals surface area contributed by atoms with Crippen molar-refractivity contribution in [3.63, 3.8) is 0 Å². The van der Waals surface area contributed by atoms with Gasteiger partial charge in [-0.2, -0.15) is 0 Å². The van der Waals surface area contributed by atoms with E-state index in [2.05, 4.69) is 200 Å². The van der Waals surface area contributed by atoms with E-state index in [1.165, 1.54) is 118 Å². The van der Waals surface area contributed by atoms with Crippen molar-refractivity contribution in [2.45, 2.75) is 0 Å². The summed E-state index contributed by atoms with van der Waals surface area (Å²) >= 11 is 1.91. The SMILES string of the molecule is c1ccc2c(c1)ccc1c2ccc2c3cc(-c4c5ccccc5c(-c5c6ccccc6c(-c6ccc7oc8ccccc8c7c6)c6ccccc56)c5ccccc45)ccc3sc21. The molecule has 0 amide bonds. The Labute approximate surface area is 360 Å². The third-order valence-electron chi connectivity index (χ3n) is 13.4. The molecule has 0 bridgehead atoms. The fraction of sp³-hybridized carbons (Fsp3) is 0. The summed E-state index contributed by atoms with van der Waals surface area (Å²) in [5.41, 5.74) is 9.31. The van der Waals surface area contributed by atoms with Gasteiger partial charge in [0.2, 0.25) is 0 Å². The normalized spacial score (nSPS) is 12.2. The van der Waals surface area contributed by atoms with Gasteiger partial charge in [0.25, 0.3) is 0 Å². The van der Waals surface area contributed by atoms with Gasteiger partial charge in [-0.25, -0.2) is 0 Å². The van der Waals surface area contributed by atoms with Crippen LogP contribution in [0.15, 0.2) is 211 Å². The highest BCUT2D eigenvalue weighted by Crippen LogP contribution is 2.51. The number of furan rings is 1. The Morgan fingerprint density at radius 3 is 1.27 bits per heavy atom. The molecule has 0 aliphatic carbocycles. The first-order valence-electron chi connectivity index (χ1n) is 21.3. The van der Waals surface area contributed by atoms with Gasteiger partial charge in [-0.05, 0) is 123 Å². The highest BCUT2D eigenvalue weighted by atomic mass is 32.1. The van der Waals surface area contributed by atoms with Crippen LogP contribution < -0.4 is 0 Å². The zero-order valence-corrected chi connectivity index (χ0v) is 34.3. The molecular weight excluding hydrogens is 769 g/mol. The van der Waals surface area contributed by atoms with Gasteiger partial charge >= 0.3 is 0 Å². The lowest BCUT2D eigenvalue weighted by atomic mass is 9.81. The van der Waals surface area contributed by atoms with Crippen LogP contribution in [0.3, 0.4) is 0 Å². The van der Waals surface area contributed by atoms with Crippen LogP contribution in [0.2, 0.25) is 0 Å². The van der Waals surface area contributed by atoms with Gasteiger partial charge in [0.15, 0.2) is 0 Å². The number of para-hydroxylation sites is 1. The number of rotatable bonds is 3. The molecule has 0 atom stereocenters. The first-order chi connectivity index (χ1) is 30.8. The van der Waals surface area contributed by atoms with Crippen LogP contribution in [0.1, 0.15) is 0 Å². The van der Waals surface area contributed by atoms with Crippen LogP contribution in [-0.2, 0) is 0 Å². The maximum absolute atomic E-state index is 6.28. The summed E-state index contributed by atoms with van der Waals surface area (Å²) in [4.78, 5) is 0. The zero-order valence-electron chi connectivity index (χ0n) is 33.4. The van der Waals surface area contributed by atoms with Gasteiger partial charge in [-0.15, -0.1) is 11.3 Å². The summed E-state index contributed by atoms with van der Waals surface area (Å²) in [6.45, 7) is 0. The molecule has 0 unspecified atom stereocenters. The number of benzene rings is 12. The summed E-state index contributed by atoms with van der Waals surface area (Å²) in [5.74, 6) is 0. The first kappa shape index (κ1) is 34.0. The van der Waals surface area contributed by atoms with Gasteiger partial charge in [-0.1, -0.05) is 176 Å². The minimum Gasteiger partial charge on any atom is -0.456 e. The number of fused-ring (bicyclic) bond motifs is 14. The molecule has 12 aromatic carbocycles. The molecule has 2 heteroatoms. The largest absolute Gasteiger partial charge is 0.456 e. The third kappa shape index (κ3) is 4.73. The van der Waals surface area contributed by atoms with Crippen LogP contribution in [0.4, 0.5) is 0 Å². The maximum atomic E-state index is 6.28. The molecule has 62 heavy (non-hydrogen) atoms. The molecular formula is C60H34OS. The molecule has 14 rings (SSSR count).